The monoisotopic (exact) mass is 430 g/mol. The molecule has 0 saturated heterocycles. The number of para-hydroxylation sites is 1. The van der Waals surface area contributed by atoms with Gasteiger partial charge < -0.3 is 14.8 Å². The van der Waals surface area contributed by atoms with Crippen molar-refractivity contribution >= 4 is 17.2 Å². The molecule has 1 aromatic heterocycles. The van der Waals surface area contributed by atoms with Crippen molar-refractivity contribution in [3.05, 3.63) is 112 Å². The third kappa shape index (κ3) is 5.93. The number of amides is 1. The molecule has 0 aliphatic carbocycles. The molecule has 0 radical (unpaired) electrons. The molecule has 5 nitrogen and oxygen atoms in total. The second-order valence-corrected chi connectivity index (χ2v) is 7.56. The SMILES string of the molecule is O=C(NCc1ccccc1COc1ccccc1)c1ccc(OCc2cscn2)cc1. The number of thiazole rings is 1. The zero-order chi connectivity index (χ0) is 21.3. The molecule has 4 rings (SSSR count). The summed E-state index contributed by atoms with van der Waals surface area (Å²) in [7, 11) is 0. The van der Waals surface area contributed by atoms with Crippen molar-refractivity contribution in [2.24, 2.45) is 0 Å². The molecule has 0 bridgehead atoms. The van der Waals surface area contributed by atoms with Gasteiger partial charge in [0.1, 0.15) is 24.7 Å². The van der Waals surface area contributed by atoms with Crippen molar-refractivity contribution in [1.82, 2.24) is 10.3 Å². The lowest BCUT2D eigenvalue weighted by Gasteiger charge is -2.12. The van der Waals surface area contributed by atoms with Gasteiger partial charge in [-0.1, -0.05) is 42.5 Å². The van der Waals surface area contributed by atoms with E-state index in [0.717, 1.165) is 22.6 Å². The first-order valence-electron chi connectivity index (χ1n) is 9.91. The lowest BCUT2D eigenvalue weighted by Crippen LogP contribution is -2.23. The third-order valence-corrected chi connectivity index (χ3v) is 5.32. The van der Waals surface area contributed by atoms with Gasteiger partial charge in [-0.05, 0) is 47.5 Å². The van der Waals surface area contributed by atoms with Crippen LogP contribution in [-0.4, -0.2) is 10.9 Å². The molecule has 0 spiro atoms. The molecular weight excluding hydrogens is 408 g/mol. The maximum atomic E-state index is 12.6. The average molecular weight is 431 g/mol. The van der Waals surface area contributed by atoms with E-state index in [9.17, 15) is 4.79 Å². The molecule has 0 unspecified atom stereocenters. The molecule has 3 aromatic carbocycles. The Morgan fingerprint density at radius 2 is 1.48 bits per heavy atom. The number of carbonyl (C=O) groups excluding carboxylic acids is 1. The Labute approximate surface area is 185 Å². The first-order valence-corrected chi connectivity index (χ1v) is 10.8. The zero-order valence-electron chi connectivity index (χ0n) is 16.9. The zero-order valence-corrected chi connectivity index (χ0v) is 17.7. The van der Waals surface area contributed by atoms with Gasteiger partial charge in [-0.15, -0.1) is 11.3 Å². The molecule has 156 valence electrons. The fourth-order valence-electron chi connectivity index (χ4n) is 2.99. The van der Waals surface area contributed by atoms with E-state index in [-0.39, 0.29) is 5.91 Å². The molecule has 1 N–H and O–H groups in total. The Morgan fingerprint density at radius 1 is 0.806 bits per heavy atom. The third-order valence-electron chi connectivity index (χ3n) is 4.68. The first-order chi connectivity index (χ1) is 15.3. The number of aromatic nitrogens is 1. The van der Waals surface area contributed by atoms with Crippen molar-refractivity contribution in [1.29, 1.82) is 0 Å². The van der Waals surface area contributed by atoms with E-state index in [1.165, 1.54) is 11.3 Å². The number of hydrogen-bond acceptors (Lipinski definition) is 5. The van der Waals surface area contributed by atoms with Crippen molar-refractivity contribution in [3.8, 4) is 11.5 Å². The fraction of sp³-hybridized carbons (Fsp3) is 0.120. The number of benzene rings is 3. The Morgan fingerprint density at radius 3 is 2.23 bits per heavy atom. The average Bonchev–Trinajstić information content (AvgIpc) is 3.35. The lowest BCUT2D eigenvalue weighted by molar-refractivity contribution is 0.0950. The van der Waals surface area contributed by atoms with Crippen LogP contribution in [0.2, 0.25) is 0 Å². The van der Waals surface area contributed by atoms with E-state index in [0.29, 0.717) is 31.1 Å². The standard InChI is InChI=1S/C25H22N2O3S/c28-25(19-10-12-24(13-11-19)30-16-22-17-31-18-27-22)26-14-20-6-4-5-7-21(20)15-29-23-8-2-1-3-9-23/h1-13,17-18H,14-16H2,(H,26,28). The maximum absolute atomic E-state index is 12.6. The van der Waals surface area contributed by atoms with Gasteiger partial charge in [-0.3, -0.25) is 4.79 Å². The van der Waals surface area contributed by atoms with Gasteiger partial charge in [-0.25, -0.2) is 4.98 Å². The largest absolute Gasteiger partial charge is 0.489 e. The van der Waals surface area contributed by atoms with E-state index in [1.54, 1.807) is 29.8 Å². The number of rotatable bonds is 9. The summed E-state index contributed by atoms with van der Waals surface area (Å²) in [6.45, 7) is 1.28. The van der Waals surface area contributed by atoms with Crippen molar-refractivity contribution in [2.75, 3.05) is 0 Å². The van der Waals surface area contributed by atoms with Gasteiger partial charge >= 0.3 is 0 Å². The van der Waals surface area contributed by atoms with Gasteiger partial charge in [0, 0.05) is 17.5 Å². The van der Waals surface area contributed by atoms with E-state index in [2.05, 4.69) is 10.3 Å². The highest BCUT2D eigenvalue weighted by atomic mass is 32.1. The Hall–Kier alpha value is -3.64. The van der Waals surface area contributed by atoms with Crippen LogP contribution in [0.25, 0.3) is 0 Å². The molecular formula is C25H22N2O3S. The number of hydrogen-bond donors (Lipinski definition) is 1. The van der Waals surface area contributed by atoms with Crippen molar-refractivity contribution < 1.29 is 14.3 Å². The van der Waals surface area contributed by atoms with E-state index < -0.39 is 0 Å². The molecule has 1 amide bonds. The van der Waals surface area contributed by atoms with Crippen LogP contribution < -0.4 is 14.8 Å². The molecule has 31 heavy (non-hydrogen) atoms. The predicted molar refractivity (Wildman–Crippen MR) is 121 cm³/mol. The summed E-state index contributed by atoms with van der Waals surface area (Å²) in [6.07, 6.45) is 0. The molecule has 6 heteroatoms. The van der Waals surface area contributed by atoms with Gasteiger partial charge in [0.05, 0.1) is 11.2 Å². The number of carbonyl (C=O) groups is 1. The number of nitrogens with one attached hydrogen (secondary N) is 1. The molecule has 4 aromatic rings. The molecule has 0 saturated carbocycles. The highest BCUT2D eigenvalue weighted by Crippen LogP contribution is 2.16. The number of nitrogens with zero attached hydrogens (tertiary/aromatic N) is 1. The van der Waals surface area contributed by atoms with E-state index in [1.807, 2.05) is 60.0 Å². The van der Waals surface area contributed by atoms with E-state index >= 15 is 0 Å². The van der Waals surface area contributed by atoms with Crippen LogP contribution in [0.15, 0.2) is 89.8 Å². The van der Waals surface area contributed by atoms with Crippen LogP contribution in [0, 0.1) is 0 Å². The minimum absolute atomic E-state index is 0.134. The molecule has 1 heterocycles. The normalized spacial score (nSPS) is 10.5. The number of ether oxygens (including phenoxy) is 2. The van der Waals surface area contributed by atoms with Crippen LogP contribution in [0.3, 0.4) is 0 Å². The minimum Gasteiger partial charge on any atom is -0.489 e. The minimum atomic E-state index is -0.134. The van der Waals surface area contributed by atoms with Gasteiger partial charge in [0.25, 0.3) is 5.91 Å². The summed E-state index contributed by atoms with van der Waals surface area (Å²) >= 11 is 1.54. The maximum Gasteiger partial charge on any atom is 0.251 e. The van der Waals surface area contributed by atoms with E-state index in [4.69, 9.17) is 9.47 Å². The predicted octanol–water partition coefficient (Wildman–Crippen LogP) is 5.23. The molecule has 0 atom stereocenters. The first kappa shape index (κ1) is 20.6. The summed E-state index contributed by atoms with van der Waals surface area (Å²) in [5, 5.41) is 4.93. The summed E-state index contributed by atoms with van der Waals surface area (Å²) < 4.78 is 11.5. The van der Waals surface area contributed by atoms with Crippen LogP contribution in [0.1, 0.15) is 27.2 Å². The van der Waals surface area contributed by atoms with Gasteiger partial charge in [0.15, 0.2) is 0 Å². The fourth-order valence-corrected chi connectivity index (χ4v) is 3.54. The highest BCUT2D eigenvalue weighted by Gasteiger charge is 2.08. The summed E-state index contributed by atoms with van der Waals surface area (Å²) in [6, 6.07) is 24.7. The smallest absolute Gasteiger partial charge is 0.251 e. The Bertz CT molecular complexity index is 1100. The topological polar surface area (TPSA) is 60.5 Å². The van der Waals surface area contributed by atoms with Gasteiger partial charge in [0.2, 0.25) is 0 Å². The Kier molecular flexibility index (Phi) is 6.92. The lowest BCUT2D eigenvalue weighted by atomic mass is 10.1. The summed E-state index contributed by atoms with van der Waals surface area (Å²) in [5.41, 5.74) is 5.31. The van der Waals surface area contributed by atoms with Gasteiger partial charge in [-0.2, -0.15) is 0 Å². The van der Waals surface area contributed by atoms with Crippen molar-refractivity contribution in [2.45, 2.75) is 19.8 Å². The van der Waals surface area contributed by atoms with Crippen LogP contribution in [-0.2, 0) is 19.8 Å². The second-order valence-electron chi connectivity index (χ2n) is 6.85. The Balaban J connectivity index is 1.31. The second kappa shape index (κ2) is 10.4. The van der Waals surface area contributed by atoms with Crippen molar-refractivity contribution in [3.63, 3.8) is 0 Å². The highest BCUT2D eigenvalue weighted by molar-refractivity contribution is 7.07. The van der Waals surface area contributed by atoms with Crippen LogP contribution in [0.5, 0.6) is 11.5 Å². The van der Waals surface area contributed by atoms with Crippen LogP contribution >= 0.6 is 11.3 Å². The summed E-state index contributed by atoms with van der Waals surface area (Å²) in [4.78, 5) is 16.8. The molecule has 0 aliphatic rings. The molecule has 0 aliphatic heterocycles. The molecule has 0 fully saturated rings. The van der Waals surface area contributed by atoms with Crippen LogP contribution in [0.4, 0.5) is 0 Å². The quantitative estimate of drug-likeness (QED) is 0.395. The summed E-state index contributed by atoms with van der Waals surface area (Å²) in [5.74, 6) is 1.39.